The van der Waals surface area contributed by atoms with Gasteiger partial charge in [-0.05, 0) is 37.1 Å². The first-order valence-electron chi connectivity index (χ1n) is 8.79. The van der Waals surface area contributed by atoms with E-state index in [1.165, 1.54) is 11.3 Å². The van der Waals surface area contributed by atoms with E-state index in [1.807, 2.05) is 30.3 Å². The van der Waals surface area contributed by atoms with Gasteiger partial charge in [-0.25, -0.2) is 4.98 Å². The van der Waals surface area contributed by atoms with Gasteiger partial charge in [0.05, 0.1) is 35.0 Å². The maximum Gasteiger partial charge on any atom is 0.261 e. The number of nitrogens with zero attached hydrogens (tertiary/aromatic N) is 2. The van der Waals surface area contributed by atoms with E-state index in [4.69, 9.17) is 26.1 Å². The van der Waals surface area contributed by atoms with Crippen LogP contribution in [0, 0.1) is 0 Å². The van der Waals surface area contributed by atoms with Gasteiger partial charge >= 0.3 is 0 Å². The van der Waals surface area contributed by atoms with Crippen molar-refractivity contribution in [3.63, 3.8) is 0 Å². The van der Waals surface area contributed by atoms with Crippen LogP contribution < -0.4 is 9.64 Å². The largest absolute Gasteiger partial charge is 0.494 e. The molecule has 1 saturated heterocycles. The molecule has 5 nitrogen and oxygen atoms in total. The van der Waals surface area contributed by atoms with Gasteiger partial charge in [0, 0.05) is 6.61 Å². The summed E-state index contributed by atoms with van der Waals surface area (Å²) >= 11 is 7.74. The SMILES string of the molecule is COc1cccc2sc(N(CC3CCCO3)C(=O)c3ccccc3Cl)nc12. The third-order valence-corrected chi connectivity index (χ3v) is 5.95. The van der Waals surface area contributed by atoms with Crippen molar-refractivity contribution in [3.8, 4) is 5.75 Å². The van der Waals surface area contributed by atoms with Crippen LogP contribution in [0.25, 0.3) is 10.2 Å². The number of hydrogen-bond acceptors (Lipinski definition) is 5. The van der Waals surface area contributed by atoms with E-state index in [0.717, 1.165) is 29.7 Å². The number of carbonyl (C=O) groups excluding carboxylic acids is 1. The molecule has 1 aliphatic rings. The minimum atomic E-state index is -0.172. The third kappa shape index (κ3) is 3.65. The Labute approximate surface area is 166 Å². The van der Waals surface area contributed by atoms with E-state index >= 15 is 0 Å². The smallest absolute Gasteiger partial charge is 0.261 e. The Morgan fingerprint density at radius 3 is 2.93 bits per heavy atom. The zero-order valence-electron chi connectivity index (χ0n) is 14.9. The van der Waals surface area contributed by atoms with E-state index in [1.54, 1.807) is 24.1 Å². The molecule has 7 heteroatoms. The number of benzene rings is 2. The first kappa shape index (κ1) is 18.2. The average Bonchev–Trinajstić information content (AvgIpc) is 3.35. The number of carbonyl (C=O) groups is 1. The normalized spacial score (nSPS) is 16.6. The van der Waals surface area contributed by atoms with Crippen molar-refractivity contribution in [2.75, 3.05) is 25.2 Å². The number of halogens is 1. The predicted octanol–water partition coefficient (Wildman–Crippen LogP) is 4.78. The van der Waals surface area contributed by atoms with Crippen LogP contribution in [0.3, 0.4) is 0 Å². The highest BCUT2D eigenvalue weighted by Crippen LogP contribution is 2.35. The second-order valence-electron chi connectivity index (χ2n) is 6.33. The zero-order chi connectivity index (χ0) is 18.8. The van der Waals surface area contributed by atoms with E-state index in [2.05, 4.69) is 0 Å². The average molecular weight is 403 g/mol. The summed E-state index contributed by atoms with van der Waals surface area (Å²) in [5.41, 5.74) is 1.22. The maximum absolute atomic E-state index is 13.3. The lowest BCUT2D eigenvalue weighted by Crippen LogP contribution is -2.37. The van der Waals surface area contributed by atoms with Crippen molar-refractivity contribution in [2.24, 2.45) is 0 Å². The van der Waals surface area contributed by atoms with Gasteiger partial charge in [-0.3, -0.25) is 9.69 Å². The fraction of sp³-hybridized carbons (Fsp3) is 0.300. The van der Waals surface area contributed by atoms with Crippen molar-refractivity contribution in [1.29, 1.82) is 0 Å². The highest BCUT2D eigenvalue weighted by atomic mass is 35.5. The Kier molecular flexibility index (Phi) is 5.29. The molecule has 0 radical (unpaired) electrons. The molecule has 0 aliphatic carbocycles. The summed E-state index contributed by atoms with van der Waals surface area (Å²) in [6.45, 7) is 1.18. The van der Waals surface area contributed by atoms with E-state index < -0.39 is 0 Å². The molecular weight excluding hydrogens is 384 g/mol. The molecule has 140 valence electrons. The van der Waals surface area contributed by atoms with Gasteiger partial charge < -0.3 is 9.47 Å². The topological polar surface area (TPSA) is 51.7 Å². The third-order valence-electron chi connectivity index (χ3n) is 4.58. The fourth-order valence-corrected chi connectivity index (χ4v) is 4.42. The molecule has 0 spiro atoms. The molecule has 1 fully saturated rings. The van der Waals surface area contributed by atoms with Crippen LogP contribution in [-0.4, -0.2) is 37.3 Å². The number of para-hydroxylation sites is 1. The number of aromatic nitrogens is 1. The van der Waals surface area contributed by atoms with Crippen molar-refractivity contribution >= 4 is 44.2 Å². The van der Waals surface area contributed by atoms with Crippen LogP contribution in [0.1, 0.15) is 23.2 Å². The molecule has 1 unspecified atom stereocenters. The van der Waals surface area contributed by atoms with Gasteiger partial charge in [-0.15, -0.1) is 0 Å². The van der Waals surface area contributed by atoms with Crippen LogP contribution in [0.15, 0.2) is 42.5 Å². The summed E-state index contributed by atoms with van der Waals surface area (Å²) in [5, 5.41) is 1.05. The number of fused-ring (bicyclic) bond motifs is 1. The van der Waals surface area contributed by atoms with Gasteiger partial charge in [-0.1, -0.05) is 41.1 Å². The van der Waals surface area contributed by atoms with Gasteiger partial charge in [0.25, 0.3) is 5.91 Å². The number of rotatable bonds is 5. The lowest BCUT2D eigenvalue weighted by atomic mass is 10.1. The minimum Gasteiger partial charge on any atom is -0.494 e. The van der Waals surface area contributed by atoms with E-state index in [-0.39, 0.29) is 12.0 Å². The fourth-order valence-electron chi connectivity index (χ4n) is 3.21. The van der Waals surface area contributed by atoms with E-state index in [9.17, 15) is 4.79 Å². The number of hydrogen-bond donors (Lipinski definition) is 0. The summed E-state index contributed by atoms with van der Waals surface area (Å²) in [4.78, 5) is 19.7. The second-order valence-corrected chi connectivity index (χ2v) is 7.75. The quantitative estimate of drug-likeness (QED) is 0.616. The second kappa shape index (κ2) is 7.84. The lowest BCUT2D eigenvalue weighted by Gasteiger charge is -2.23. The zero-order valence-corrected chi connectivity index (χ0v) is 16.4. The summed E-state index contributed by atoms with van der Waals surface area (Å²) < 4.78 is 12.1. The highest BCUT2D eigenvalue weighted by Gasteiger charge is 2.28. The van der Waals surface area contributed by atoms with Gasteiger partial charge in [0.15, 0.2) is 5.13 Å². The van der Waals surface area contributed by atoms with Crippen molar-refractivity contribution in [1.82, 2.24) is 4.98 Å². The first-order chi connectivity index (χ1) is 13.2. The Hall–Kier alpha value is -2.15. The summed E-state index contributed by atoms with van der Waals surface area (Å²) in [6, 6.07) is 12.8. The molecule has 1 amide bonds. The highest BCUT2D eigenvalue weighted by molar-refractivity contribution is 7.22. The lowest BCUT2D eigenvalue weighted by molar-refractivity contribution is 0.0917. The molecule has 2 aromatic carbocycles. The molecule has 1 aliphatic heterocycles. The first-order valence-corrected chi connectivity index (χ1v) is 9.98. The number of amides is 1. The standard InChI is InChI=1S/C20H19ClN2O3S/c1-25-16-9-4-10-17-18(16)22-20(27-17)23(12-13-6-5-11-26-13)19(24)14-7-2-3-8-15(14)21/h2-4,7-10,13H,5-6,11-12H2,1H3. The molecular formula is C20H19ClN2O3S. The molecule has 4 rings (SSSR count). The van der Waals surface area contributed by atoms with Crippen LogP contribution in [-0.2, 0) is 4.74 Å². The van der Waals surface area contributed by atoms with Crippen molar-refractivity contribution < 1.29 is 14.3 Å². The van der Waals surface area contributed by atoms with Crippen molar-refractivity contribution in [2.45, 2.75) is 18.9 Å². The molecule has 1 aromatic heterocycles. The summed E-state index contributed by atoms with van der Waals surface area (Å²) in [6.07, 6.45) is 1.94. The Morgan fingerprint density at radius 2 is 2.19 bits per heavy atom. The molecule has 2 heterocycles. The predicted molar refractivity (Wildman–Crippen MR) is 108 cm³/mol. The van der Waals surface area contributed by atoms with E-state index in [0.29, 0.717) is 28.0 Å². The maximum atomic E-state index is 13.3. The molecule has 27 heavy (non-hydrogen) atoms. The van der Waals surface area contributed by atoms with Crippen molar-refractivity contribution in [3.05, 3.63) is 53.1 Å². The Bertz CT molecular complexity index is 969. The Morgan fingerprint density at radius 1 is 1.33 bits per heavy atom. The van der Waals surface area contributed by atoms with Gasteiger partial charge in [-0.2, -0.15) is 0 Å². The molecule has 0 saturated carbocycles. The molecule has 3 aromatic rings. The minimum absolute atomic E-state index is 0.00495. The Balaban J connectivity index is 1.75. The molecule has 0 bridgehead atoms. The molecule has 1 atom stereocenters. The van der Waals surface area contributed by atoms with Crippen LogP contribution in [0.5, 0.6) is 5.75 Å². The van der Waals surface area contributed by atoms with Crippen LogP contribution >= 0.6 is 22.9 Å². The van der Waals surface area contributed by atoms with Gasteiger partial charge in [0.2, 0.25) is 0 Å². The number of methoxy groups -OCH3 is 1. The summed E-state index contributed by atoms with van der Waals surface area (Å²) in [7, 11) is 1.62. The number of anilines is 1. The number of thiazole rings is 1. The monoisotopic (exact) mass is 402 g/mol. The van der Waals surface area contributed by atoms with Gasteiger partial charge in [0.1, 0.15) is 11.3 Å². The van der Waals surface area contributed by atoms with Crippen LogP contribution in [0.2, 0.25) is 5.02 Å². The molecule has 0 N–H and O–H groups in total. The summed E-state index contributed by atoms with van der Waals surface area (Å²) in [5.74, 6) is 0.520. The number of ether oxygens (including phenoxy) is 2. The van der Waals surface area contributed by atoms with Crippen LogP contribution in [0.4, 0.5) is 5.13 Å².